The average molecular weight is 453 g/mol. The van der Waals surface area contributed by atoms with Crippen LogP contribution in [0.5, 0.6) is 0 Å². The molecule has 0 saturated heterocycles. The van der Waals surface area contributed by atoms with E-state index in [1.807, 2.05) is 18.2 Å². The smallest absolute Gasteiger partial charge is 0.191 e. The third kappa shape index (κ3) is 7.88. The lowest BCUT2D eigenvalue weighted by molar-refractivity contribution is 0.106. The Morgan fingerprint density at radius 2 is 1.60 bits per heavy atom. The van der Waals surface area contributed by atoms with Gasteiger partial charge in [0.1, 0.15) is 0 Å². The quantitative estimate of drug-likeness (QED) is 0.360. The number of halogens is 1. The van der Waals surface area contributed by atoms with E-state index in [9.17, 15) is 0 Å². The minimum Gasteiger partial charge on any atom is -0.372 e. The minimum absolute atomic E-state index is 0. The molecule has 0 aromatic heterocycles. The Hall–Kier alpha value is -1.60. The van der Waals surface area contributed by atoms with Gasteiger partial charge in [0.15, 0.2) is 5.96 Å². The molecular weight excluding hydrogens is 425 g/mol. The average Bonchev–Trinajstić information content (AvgIpc) is 2.64. The molecule has 0 atom stereocenters. The Morgan fingerprint density at radius 1 is 0.920 bits per heavy atom. The molecule has 2 aromatic carbocycles. The third-order valence-electron chi connectivity index (χ3n) is 3.70. The molecule has 4 nitrogen and oxygen atoms in total. The van der Waals surface area contributed by atoms with Crippen molar-refractivity contribution < 1.29 is 4.74 Å². The van der Waals surface area contributed by atoms with Gasteiger partial charge in [0.2, 0.25) is 0 Å². The molecule has 5 heteroatoms. The molecule has 0 heterocycles. The van der Waals surface area contributed by atoms with E-state index in [-0.39, 0.29) is 24.0 Å². The van der Waals surface area contributed by atoms with Crippen LogP contribution in [0.3, 0.4) is 0 Å². The van der Waals surface area contributed by atoms with Gasteiger partial charge < -0.3 is 15.4 Å². The van der Waals surface area contributed by atoms with Crippen molar-refractivity contribution >= 4 is 29.9 Å². The molecule has 0 unspecified atom stereocenters. The predicted octanol–water partition coefficient (Wildman–Crippen LogP) is 4.10. The molecule has 0 fully saturated rings. The Kier molecular flexibility index (Phi) is 10.9. The van der Waals surface area contributed by atoms with E-state index in [0.717, 1.165) is 25.5 Å². The Labute approximate surface area is 168 Å². The molecule has 0 aliphatic carbocycles. The standard InChI is InChI=1S/C20H27N3O.HI/c1-3-13-22-20(21-2)23-14-18-11-7-8-12-19(18)16-24-15-17-9-5-4-6-10-17;/h4-12H,3,13-16H2,1-2H3,(H2,21,22,23);1H. The molecule has 0 aliphatic heterocycles. The Balaban J connectivity index is 0.00000312. The molecule has 0 amide bonds. The predicted molar refractivity (Wildman–Crippen MR) is 115 cm³/mol. The van der Waals surface area contributed by atoms with E-state index >= 15 is 0 Å². The second-order valence-electron chi connectivity index (χ2n) is 5.60. The molecule has 2 N–H and O–H groups in total. The molecule has 25 heavy (non-hydrogen) atoms. The van der Waals surface area contributed by atoms with Crippen LogP contribution < -0.4 is 10.6 Å². The lowest BCUT2D eigenvalue weighted by Gasteiger charge is -2.14. The number of guanidine groups is 1. The van der Waals surface area contributed by atoms with Crippen molar-refractivity contribution in [3.63, 3.8) is 0 Å². The maximum atomic E-state index is 5.87. The fourth-order valence-corrected chi connectivity index (χ4v) is 2.37. The number of aliphatic imine (C=N–C) groups is 1. The molecule has 0 aliphatic rings. The van der Waals surface area contributed by atoms with Crippen LogP contribution in [-0.4, -0.2) is 19.6 Å². The first-order valence-corrected chi connectivity index (χ1v) is 8.46. The van der Waals surface area contributed by atoms with Gasteiger partial charge in [0.05, 0.1) is 13.2 Å². The number of rotatable bonds is 8. The van der Waals surface area contributed by atoms with Crippen LogP contribution in [0.25, 0.3) is 0 Å². The fraction of sp³-hybridized carbons (Fsp3) is 0.350. The van der Waals surface area contributed by atoms with E-state index in [4.69, 9.17) is 4.74 Å². The zero-order valence-electron chi connectivity index (χ0n) is 15.0. The fourth-order valence-electron chi connectivity index (χ4n) is 2.37. The van der Waals surface area contributed by atoms with Crippen LogP contribution in [0.15, 0.2) is 59.6 Å². The van der Waals surface area contributed by atoms with Crippen LogP contribution in [0.1, 0.15) is 30.0 Å². The van der Waals surface area contributed by atoms with Gasteiger partial charge in [-0.3, -0.25) is 4.99 Å². The normalized spacial score (nSPS) is 10.9. The molecule has 0 bridgehead atoms. The van der Waals surface area contributed by atoms with E-state index in [2.05, 4.69) is 58.9 Å². The largest absolute Gasteiger partial charge is 0.372 e. The Bertz CT molecular complexity index is 632. The highest BCUT2D eigenvalue weighted by molar-refractivity contribution is 14.0. The van der Waals surface area contributed by atoms with Gasteiger partial charge in [-0.1, -0.05) is 61.5 Å². The summed E-state index contributed by atoms with van der Waals surface area (Å²) in [6.45, 7) is 5.02. The summed E-state index contributed by atoms with van der Waals surface area (Å²) in [7, 11) is 1.79. The second kappa shape index (κ2) is 12.7. The molecule has 0 radical (unpaired) electrons. The van der Waals surface area contributed by atoms with Gasteiger partial charge in [-0.2, -0.15) is 0 Å². The maximum Gasteiger partial charge on any atom is 0.191 e. The highest BCUT2D eigenvalue weighted by Crippen LogP contribution is 2.11. The zero-order chi connectivity index (χ0) is 17.0. The number of nitrogens with zero attached hydrogens (tertiary/aromatic N) is 1. The lowest BCUT2D eigenvalue weighted by Crippen LogP contribution is -2.37. The van der Waals surface area contributed by atoms with Crippen molar-refractivity contribution in [3.8, 4) is 0 Å². The van der Waals surface area contributed by atoms with Crippen LogP contribution in [0, 0.1) is 0 Å². The Morgan fingerprint density at radius 3 is 2.28 bits per heavy atom. The summed E-state index contributed by atoms with van der Waals surface area (Å²) in [5.74, 6) is 0.830. The number of nitrogens with one attached hydrogen (secondary N) is 2. The number of ether oxygens (including phenoxy) is 1. The lowest BCUT2D eigenvalue weighted by atomic mass is 10.1. The summed E-state index contributed by atoms with van der Waals surface area (Å²) in [6, 6.07) is 18.6. The monoisotopic (exact) mass is 453 g/mol. The van der Waals surface area contributed by atoms with Gasteiger partial charge in [-0.05, 0) is 23.1 Å². The first kappa shape index (κ1) is 21.4. The number of benzene rings is 2. The molecule has 136 valence electrons. The van der Waals surface area contributed by atoms with E-state index in [1.54, 1.807) is 7.05 Å². The van der Waals surface area contributed by atoms with Crippen molar-refractivity contribution in [2.75, 3.05) is 13.6 Å². The SMILES string of the molecule is CCCNC(=NC)NCc1ccccc1COCc1ccccc1.I. The van der Waals surface area contributed by atoms with Crippen LogP contribution in [0.4, 0.5) is 0 Å². The van der Waals surface area contributed by atoms with Crippen molar-refractivity contribution in [1.29, 1.82) is 0 Å². The van der Waals surface area contributed by atoms with Crippen LogP contribution >= 0.6 is 24.0 Å². The third-order valence-corrected chi connectivity index (χ3v) is 3.70. The maximum absolute atomic E-state index is 5.87. The van der Waals surface area contributed by atoms with Crippen molar-refractivity contribution in [1.82, 2.24) is 10.6 Å². The molecule has 0 saturated carbocycles. The van der Waals surface area contributed by atoms with Gasteiger partial charge >= 0.3 is 0 Å². The van der Waals surface area contributed by atoms with E-state index < -0.39 is 0 Å². The molecule has 0 spiro atoms. The minimum atomic E-state index is 0. The van der Waals surface area contributed by atoms with Gasteiger partial charge in [0, 0.05) is 20.1 Å². The van der Waals surface area contributed by atoms with Gasteiger partial charge in [-0.15, -0.1) is 24.0 Å². The van der Waals surface area contributed by atoms with Crippen molar-refractivity contribution in [3.05, 3.63) is 71.3 Å². The van der Waals surface area contributed by atoms with Gasteiger partial charge in [0.25, 0.3) is 0 Å². The van der Waals surface area contributed by atoms with E-state index in [0.29, 0.717) is 13.2 Å². The topological polar surface area (TPSA) is 45.7 Å². The number of hydrogen-bond acceptors (Lipinski definition) is 2. The van der Waals surface area contributed by atoms with Gasteiger partial charge in [-0.25, -0.2) is 0 Å². The van der Waals surface area contributed by atoms with Crippen molar-refractivity contribution in [2.24, 2.45) is 4.99 Å². The first-order chi connectivity index (χ1) is 11.8. The summed E-state index contributed by atoms with van der Waals surface area (Å²) in [5, 5.41) is 6.63. The highest BCUT2D eigenvalue weighted by atomic mass is 127. The number of hydrogen-bond donors (Lipinski definition) is 2. The first-order valence-electron chi connectivity index (χ1n) is 8.46. The molecule has 2 rings (SSSR count). The summed E-state index contributed by atoms with van der Waals surface area (Å²) >= 11 is 0. The van der Waals surface area contributed by atoms with Crippen LogP contribution in [-0.2, 0) is 24.5 Å². The second-order valence-corrected chi connectivity index (χ2v) is 5.60. The van der Waals surface area contributed by atoms with Crippen molar-refractivity contribution in [2.45, 2.75) is 33.1 Å². The zero-order valence-corrected chi connectivity index (χ0v) is 17.3. The summed E-state index contributed by atoms with van der Waals surface area (Å²) in [6.07, 6.45) is 1.07. The summed E-state index contributed by atoms with van der Waals surface area (Å²) in [4.78, 5) is 4.24. The van der Waals surface area contributed by atoms with Crippen LogP contribution in [0.2, 0.25) is 0 Å². The molecular formula is C20H28IN3O. The van der Waals surface area contributed by atoms with E-state index in [1.165, 1.54) is 16.7 Å². The summed E-state index contributed by atoms with van der Waals surface area (Å²) in [5.41, 5.74) is 3.62. The summed E-state index contributed by atoms with van der Waals surface area (Å²) < 4.78 is 5.87. The highest BCUT2D eigenvalue weighted by Gasteiger charge is 2.04. The molecule has 2 aromatic rings.